The topological polar surface area (TPSA) is 37.7 Å². The molecule has 0 bridgehead atoms. The molecule has 3 heterocycles. The Morgan fingerprint density at radius 2 is 2.20 bits per heavy atom. The van der Waals surface area contributed by atoms with Crippen molar-refractivity contribution >= 4 is 28.5 Å². The van der Waals surface area contributed by atoms with Gasteiger partial charge in [-0.05, 0) is 36.2 Å². The van der Waals surface area contributed by atoms with Gasteiger partial charge in [0.2, 0.25) is 0 Å². The molecule has 2 aliphatic rings. The number of rotatable bonds is 4. The van der Waals surface area contributed by atoms with Crippen molar-refractivity contribution in [3.05, 3.63) is 58.9 Å². The molecule has 25 heavy (non-hydrogen) atoms. The molecule has 1 fully saturated rings. The normalized spacial score (nSPS) is 25.0. The quantitative estimate of drug-likeness (QED) is 0.776. The zero-order chi connectivity index (χ0) is 17.4. The maximum absolute atomic E-state index is 6.41. The maximum Gasteiger partial charge on any atom is 0.160 e. The van der Waals surface area contributed by atoms with Gasteiger partial charge in [-0.1, -0.05) is 42.4 Å². The summed E-state index contributed by atoms with van der Waals surface area (Å²) in [5.41, 5.74) is 2.15. The number of thioether (sulfide) groups is 1. The lowest BCUT2D eigenvalue weighted by Gasteiger charge is -2.32. The number of halogens is 1. The Kier molecular flexibility index (Phi) is 4.61. The summed E-state index contributed by atoms with van der Waals surface area (Å²) in [4.78, 5) is 12.0. The van der Waals surface area contributed by atoms with Crippen LogP contribution in [-0.2, 0) is 0 Å². The molecule has 4 rings (SSSR count). The van der Waals surface area contributed by atoms with Gasteiger partial charge >= 0.3 is 0 Å². The average molecular weight is 374 g/mol. The molecule has 0 amide bonds. The van der Waals surface area contributed by atoms with E-state index in [0.29, 0.717) is 16.8 Å². The molecule has 4 nitrogen and oxygen atoms in total. The van der Waals surface area contributed by atoms with Gasteiger partial charge in [-0.2, -0.15) is 0 Å². The van der Waals surface area contributed by atoms with Crippen LogP contribution in [0.1, 0.15) is 36.7 Å². The third kappa shape index (κ3) is 2.89. The molecule has 0 spiro atoms. The number of amidine groups is 1. The number of nitrogens with zero attached hydrogens (tertiary/aromatic N) is 3. The zero-order valence-electron chi connectivity index (χ0n) is 14.2. The standard InChI is InChI=1S/C19H20ClN3OS/c1-3-13-11-25-19-22-17(15-6-4-5-9-21-15)18(23(13)19)12-7-8-16(24-2)14(20)10-12/h4-10,13,17-18H,3,11H2,1-2H3/t13-,17-,18+/m1/s1. The monoisotopic (exact) mass is 373 g/mol. The van der Waals surface area contributed by atoms with E-state index < -0.39 is 0 Å². The summed E-state index contributed by atoms with van der Waals surface area (Å²) in [6.45, 7) is 2.24. The number of fused-ring (bicyclic) bond motifs is 1. The van der Waals surface area contributed by atoms with Crippen LogP contribution in [0.5, 0.6) is 5.75 Å². The van der Waals surface area contributed by atoms with Gasteiger partial charge in [-0.3, -0.25) is 9.98 Å². The van der Waals surface area contributed by atoms with Gasteiger partial charge in [0.15, 0.2) is 5.17 Å². The van der Waals surface area contributed by atoms with E-state index in [1.807, 2.05) is 42.2 Å². The van der Waals surface area contributed by atoms with Crippen molar-refractivity contribution in [2.24, 2.45) is 4.99 Å². The van der Waals surface area contributed by atoms with Crippen molar-refractivity contribution in [1.82, 2.24) is 9.88 Å². The first-order chi connectivity index (χ1) is 12.2. The summed E-state index contributed by atoms with van der Waals surface area (Å²) >= 11 is 8.26. The Balaban J connectivity index is 1.79. The van der Waals surface area contributed by atoms with Gasteiger partial charge in [0.05, 0.1) is 23.9 Å². The van der Waals surface area contributed by atoms with Crippen LogP contribution < -0.4 is 4.74 Å². The summed E-state index contributed by atoms with van der Waals surface area (Å²) in [5, 5.41) is 1.76. The van der Waals surface area contributed by atoms with Crippen LogP contribution in [0.25, 0.3) is 0 Å². The average Bonchev–Trinajstić information content (AvgIpc) is 3.21. The van der Waals surface area contributed by atoms with E-state index in [2.05, 4.69) is 28.9 Å². The van der Waals surface area contributed by atoms with E-state index in [9.17, 15) is 0 Å². The van der Waals surface area contributed by atoms with E-state index in [4.69, 9.17) is 21.3 Å². The third-order valence-corrected chi connectivity index (χ3v) is 6.27. The molecule has 0 saturated carbocycles. The first-order valence-corrected chi connectivity index (χ1v) is 9.82. The molecular formula is C19H20ClN3OS. The number of aromatic nitrogens is 1. The predicted octanol–water partition coefficient (Wildman–Crippen LogP) is 4.72. The SMILES string of the molecule is CC[C@@H]1CSC2=N[C@H](c3ccccn3)[C@H](c3ccc(OC)c(Cl)c3)N21. The van der Waals surface area contributed by atoms with Crippen LogP contribution in [-0.4, -0.2) is 34.0 Å². The molecule has 1 aromatic heterocycles. The lowest BCUT2D eigenvalue weighted by atomic mass is 9.95. The molecule has 1 saturated heterocycles. The molecule has 6 heteroatoms. The molecule has 0 N–H and O–H groups in total. The van der Waals surface area contributed by atoms with Crippen LogP contribution in [0.4, 0.5) is 0 Å². The Morgan fingerprint density at radius 1 is 1.32 bits per heavy atom. The molecule has 0 radical (unpaired) electrons. The second-order valence-electron chi connectivity index (χ2n) is 6.23. The summed E-state index contributed by atoms with van der Waals surface area (Å²) in [6.07, 6.45) is 2.93. The highest BCUT2D eigenvalue weighted by atomic mass is 35.5. The number of ether oxygens (including phenoxy) is 1. The van der Waals surface area contributed by atoms with Gasteiger partial charge in [-0.15, -0.1) is 0 Å². The highest BCUT2D eigenvalue weighted by molar-refractivity contribution is 8.14. The van der Waals surface area contributed by atoms with Crippen molar-refractivity contribution in [2.45, 2.75) is 31.5 Å². The molecular weight excluding hydrogens is 354 g/mol. The molecule has 1 aromatic carbocycles. The highest BCUT2D eigenvalue weighted by Gasteiger charge is 2.45. The van der Waals surface area contributed by atoms with Crippen molar-refractivity contribution in [3.63, 3.8) is 0 Å². The van der Waals surface area contributed by atoms with Crippen molar-refractivity contribution in [2.75, 3.05) is 12.9 Å². The number of aliphatic imine (C=N–C) groups is 1. The van der Waals surface area contributed by atoms with E-state index in [0.717, 1.165) is 28.6 Å². The fraction of sp³-hybridized carbons (Fsp3) is 0.368. The highest BCUT2D eigenvalue weighted by Crippen LogP contribution is 2.49. The Morgan fingerprint density at radius 3 is 2.88 bits per heavy atom. The van der Waals surface area contributed by atoms with Gasteiger partial charge in [-0.25, -0.2) is 0 Å². The van der Waals surface area contributed by atoms with Crippen molar-refractivity contribution < 1.29 is 4.74 Å². The Bertz CT molecular complexity index is 799. The van der Waals surface area contributed by atoms with E-state index in [-0.39, 0.29) is 12.1 Å². The minimum Gasteiger partial charge on any atom is -0.495 e. The fourth-order valence-electron chi connectivity index (χ4n) is 3.58. The van der Waals surface area contributed by atoms with Crippen LogP contribution in [0.2, 0.25) is 5.02 Å². The van der Waals surface area contributed by atoms with Gasteiger partial charge in [0.1, 0.15) is 11.8 Å². The second kappa shape index (κ2) is 6.89. The smallest absolute Gasteiger partial charge is 0.160 e. The minimum absolute atomic E-state index is 0.0116. The van der Waals surface area contributed by atoms with Crippen LogP contribution in [0.3, 0.4) is 0 Å². The first-order valence-electron chi connectivity index (χ1n) is 8.46. The molecule has 130 valence electrons. The number of hydrogen-bond acceptors (Lipinski definition) is 5. The van der Waals surface area contributed by atoms with E-state index in [1.165, 1.54) is 0 Å². The van der Waals surface area contributed by atoms with E-state index >= 15 is 0 Å². The van der Waals surface area contributed by atoms with E-state index in [1.54, 1.807) is 7.11 Å². The molecule has 0 unspecified atom stereocenters. The van der Waals surface area contributed by atoms with Crippen molar-refractivity contribution in [3.8, 4) is 5.75 Å². The predicted molar refractivity (Wildman–Crippen MR) is 104 cm³/mol. The van der Waals surface area contributed by atoms with Crippen LogP contribution in [0.15, 0.2) is 47.6 Å². The Hall–Kier alpha value is -1.72. The Labute approximate surface area is 157 Å². The van der Waals surface area contributed by atoms with Crippen molar-refractivity contribution in [1.29, 1.82) is 0 Å². The lowest BCUT2D eigenvalue weighted by Crippen LogP contribution is -2.35. The zero-order valence-corrected chi connectivity index (χ0v) is 15.8. The third-order valence-electron chi connectivity index (χ3n) is 4.85. The summed E-state index contributed by atoms with van der Waals surface area (Å²) in [5.74, 6) is 1.78. The number of hydrogen-bond donors (Lipinski definition) is 0. The van der Waals surface area contributed by atoms with Crippen LogP contribution >= 0.6 is 23.4 Å². The molecule has 3 atom stereocenters. The number of benzene rings is 1. The van der Waals surface area contributed by atoms with Gasteiger partial charge in [0, 0.05) is 18.0 Å². The number of pyridine rings is 1. The largest absolute Gasteiger partial charge is 0.495 e. The minimum atomic E-state index is -0.0116. The van der Waals surface area contributed by atoms with Crippen LogP contribution in [0, 0.1) is 0 Å². The lowest BCUT2D eigenvalue weighted by molar-refractivity contribution is 0.255. The van der Waals surface area contributed by atoms with Gasteiger partial charge in [0.25, 0.3) is 0 Å². The molecule has 0 aliphatic carbocycles. The summed E-state index contributed by atoms with van der Waals surface area (Å²) in [6, 6.07) is 12.7. The molecule has 2 aromatic rings. The molecule has 2 aliphatic heterocycles. The summed E-state index contributed by atoms with van der Waals surface area (Å²) < 4.78 is 5.31. The summed E-state index contributed by atoms with van der Waals surface area (Å²) in [7, 11) is 1.64. The van der Waals surface area contributed by atoms with Gasteiger partial charge < -0.3 is 9.64 Å². The number of methoxy groups -OCH3 is 1. The second-order valence-corrected chi connectivity index (χ2v) is 7.62. The maximum atomic E-state index is 6.41. The first kappa shape index (κ1) is 16.7. The fourth-order valence-corrected chi connectivity index (χ4v) is 5.18.